The fourth-order valence-electron chi connectivity index (χ4n) is 1.54. The summed E-state index contributed by atoms with van der Waals surface area (Å²) in [6, 6.07) is 9.44. The number of nitriles is 1. The SMILES string of the molecule is CN(C)c1nc(-c2cccc(Cl)c2)[nH]c1C#N. The molecule has 0 radical (unpaired) electrons. The standard InChI is InChI=1S/C12H11ClN4/c1-17(2)12-10(7-14)15-11(16-12)8-4-3-5-9(13)6-8/h3-6H,1-2H3,(H,15,16). The Morgan fingerprint density at radius 2 is 2.18 bits per heavy atom. The van der Waals surface area contributed by atoms with Crippen molar-refractivity contribution in [2.45, 2.75) is 0 Å². The molecule has 2 aromatic rings. The number of anilines is 1. The summed E-state index contributed by atoms with van der Waals surface area (Å²) in [5, 5.41) is 9.65. The van der Waals surface area contributed by atoms with E-state index in [0.29, 0.717) is 22.4 Å². The topological polar surface area (TPSA) is 55.7 Å². The van der Waals surface area contributed by atoms with E-state index >= 15 is 0 Å². The van der Waals surface area contributed by atoms with Crippen molar-refractivity contribution in [3.63, 3.8) is 0 Å². The predicted octanol–water partition coefficient (Wildman–Crippen LogP) is 2.67. The van der Waals surface area contributed by atoms with Gasteiger partial charge in [-0.2, -0.15) is 5.26 Å². The van der Waals surface area contributed by atoms with Gasteiger partial charge in [0.2, 0.25) is 0 Å². The summed E-state index contributed by atoms with van der Waals surface area (Å²) in [5.74, 6) is 1.27. The molecule has 5 heteroatoms. The number of rotatable bonds is 2. The van der Waals surface area contributed by atoms with Gasteiger partial charge < -0.3 is 9.88 Å². The van der Waals surface area contributed by atoms with Crippen LogP contribution in [0.3, 0.4) is 0 Å². The fraction of sp³-hybridized carbons (Fsp3) is 0.167. The fourth-order valence-corrected chi connectivity index (χ4v) is 1.73. The average molecular weight is 247 g/mol. The number of nitrogens with one attached hydrogen (secondary N) is 1. The van der Waals surface area contributed by atoms with Crippen LogP contribution in [0.4, 0.5) is 5.82 Å². The average Bonchev–Trinajstić information content (AvgIpc) is 2.73. The van der Waals surface area contributed by atoms with Crippen LogP contribution in [0.5, 0.6) is 0 Å². The quantitative estimate of drug-likeness (QED) is 0.886. The third-order valence-corrected chi connectivity index (χ3v) is 2.55. The molecule has 0 atom stereocenters. The summed E-state index contributed by atoms with van der Waals surface area (Å²) in [7, 11) is 3.69. The zero-order valence-electron chi connectivity index (χ0n) is 9.53. The molecule has 0 spiro atoms. The number of benzene rings is 1. The van der Waals surface area contributed by atoms with Crippen LogP contribution in [0, 0.1) is 11.3 Å². The Morgan fingerprint density at radius 1 is 1.41 bits per heavy atom. The van der Waals surface area contributed by atoms with Crippen LogP contribution >= 0.6 is 11.6 Å². The largest absolute Gasteiger partial charge is 0.360 e. The van der Waals surface area contributed by atoms with Crippen LogP contribution in [0.1, 0.15) is 5.69 Å². The maximum Gasteiger partial charge on any atom is 0.165 e. The highest BCUT2D eigenvalue weighted by Crippen LogP contribution is 2.24. The number of nitrogens with zero attached hydrogens (tertiary/aromatic N) is 3. The minimum Gasteiger partial charge on any atom is -0.360 e. The minimum absolute atomic E-state index is 0.449. The maximum atomic E-state index is 9.01. The van der Waals surface area contributed by atoms with Crippen LogP contribution < -0.4 is 4.90 Å². The third-order valence-electron chi connectivity index (χ3n) is 2.32. The van der Waals surface area contributed by atoms with Crippen LogP contribution in [0.15, 0.2) is 24.3 Å². The van der Waals surface area contributed by atoms with E-state index in [-0.39, 0.29) is 0 Å². The van der Waals surface area contributed by atoms with E-state index in [1.54, 1.807) is 17.0 Å². The lowest BCUT2D eigenvalue weighted by atomic mass is 10.2. The highest BCUT2D eigenvalue weighted by atomic mass is 35.5. The Bertz CT molecular complexity index is 580. The van der Waals surface area contributed by atoms with E-state index in [4.69, 9.17) is 16.9 Å². The van der Waals surface area contributed by atoms with Crippen molar-refractivity contribution >= 4 is 17.4 Å². The molecule has 1 N–H and O–H groups in total. The number of imidazole rings is 1. The van der Waals surface area contributed by atoms with E-state index in [0.717, 1.165) is 5.56 Å². The van der Waals surface area contributed by atoms with Crippen LogP contribution in [-0.4, -0.2) is 24.1 Å². The van der Waals surface area contributed by atoms with E-state index < -0.39 is 0 Å². The zero-order valence-corrected chi connectivity index (χ0v) is 10.3. The number of H-pyrrole nitrogens is 1. The first kappa shape index (κ1) is 11.5. The molecular formula is C12H11ClN4. The molecule has 0 saturated heterocycles. The first-order valence-corrected chi connectivity index (χ1v) is 5.43. The van der Waals surface area contributed by atoms with E-state index in [1.807, 2.05) is 26.2 Å². The van der Waals surface area contributed by atoms with E-state index in [2.05, 4.69) is 16.0 Å². The lowest BCUT2D eigenvalue weighted by Gasteiger charge is -2.07. The van der Waals surface area contributed by atoms with Crippen molar-refractivity contribution in [2.24, 2.45) is 0 Å². The second-order valence-electron chi connectivity index (χ2n) is 3.80. The Hall–Kier alpha value is -1.99. The van der Waals surface area contributed by atoms with Crippen molar-refractivity contribution in [3.05, 3.63) is 35.0 Å². The van der Waals surface area contributed by atoms with Gasteiger partial charge in [-0.05, 0) is 12.1 Å². The normalized spacial score (nSPS) is 10.0. The maximum absolute atomic E-state index is 9.01. The van der Waals surface area contributed by atoms with Gasteiger partial charge in [-0.25, -0.2) is 4.98 Å². The first-order chi connectivity index (χ1) is 8.11. The summed E-state index contributed by atoms with van der Waals surface area (Å²) in [6.45, 7) is 0. The minimum atomic E-state index is 0.449. The van der Waals surface area contributed by atoms with Gasteiger partial charge in [0.25, 0.3) is 0 Å². The first-order valence-electron chi connectivity index (χ1n) is 5.05. The zero-order chi connectivity index (χ0) is 12.4. The second-order valence-corrected chi connectivity index (χ2v) is 4.24. The monoisotopic (exact) mass is 246 g/mol. The summed E-state index contributed by atoms with van der Waals surface area (Å²) < 4.78 is 0. The molecule has 0 unspecified atom stereocenters. The molecule has 0 bridgehead atoms. The lowest BCUT2D eigenvalue weighted by Crippen LogP contribution is -2.10. The third kappa shape index (κ3) is 2.24. The Labute approximate surface area is 104 Å². The molecule has 0 saturated carbocycles. The summed E-state index contributed by atoms with van der Waals surface area (Å²) in [6.07, 6.45) is 0. The highest BCUT2D eigenvalue weighted by Gasteiger charge is 2.12. The van der Waals surface area contributed by atoms with Crippen molar-refractivity contribution in [1.82, 2.24) is 9.97 Å². The summed E-state index contributed by atoms with van der Waals surface area (Å²) >= 11 is 5.92. The lowest BCUT2D eigenvalue weighted by molar-refractivity contribution is 1.08. The van der Waals surface area contributed by atoms with Gasteiger partial charge in [0.1, 0.15) is 11.9 Å². The van der Waals surface area contributed by atoms with Crippen molar-refractivity contribution in [2.75, 3.05) is 19.0 Å². The summed E-state index contributed by atoms with van der Waals surface area (Å²) in [5.41, 5.74) is 1.31. The van der Waals surface area contributed by atoms with E-state index in [9.17, 15) is 0 Å². The molecule has 0 aliphatic heterocycles. The number of aromatic nitrogens is 2. The van der Waals surface area contributed by atoms with Gasteiger partial charge in [0, 0.05) is 24.7 Å². The van der Waals surface area contributed by atoms with Crippen molar-refractivity contribution < 1.29 is 0 Å². The van der Waals surface area contributed by atoms with Crippen LogP contribution in [-0.2, 0) is 0 Å². The molecule has 1 aromatic carbocycles. The molecule has 0 aliphatic rings. The number of halogens is 1. The number of hydrogen-bond donors (Lipinski definition) is 1. The number of hydrogen-bond acceptors (Lipinski definition) is 3. The number of aromatic amines is 1. The van der Waals surface area contributed by atoms with Crippen LogP contribution in [0.2, 0.25) is 5.02 Å². The molecule has 1 heterocycles. The molecule has 17 heavy (non-hydrogen) atoms. The molecule has 0 amide bonds. The molecule has 86 valence electrons. The molecular weight excluding hydrogens is 236 g/mol. The Balaban J connectivity index is 2.51. The smallest absolute Gasteiger partial charge is 0.165 e. The van der Waals surface area contributed by atoms with Gasteiger partial charge in [-0.1, -0.05) is 23.7 Å². The van der Waals surface area contributed by atoms with Gasteiger partial charge in [-0.3, -0.25) is 0 Å². The molecule has 2 rings (SSSR count). The highest BCUT2D eigenvalue weighted by molar-refractivity contribution is 6.30. The van der Waals surface area contributed by atoms with Gasteiger partial charge in [-0.15, -0.1) is 0 Å². The van der Waals surface area contributed by atoms with Crippen LogP contribution in [0.25, 0.3) is 11.4 Å². The van der Waals surface area contributed by atoms with Gasteiger partial charge in [0.05, 0.1) is 0 Å². The summed E-state index contributed by atoms with van der Waals surface area (Å²) in [4.78, 5) is 9.16. The molecule has 1 aromatic heterocycles. The Morgan fingerprint density at radius 3 is 2.71 bits per heavy atom. The molecule has 0 fully saturated rings. The molecule has 4 nitrogen and oxygen atoms in total. The van der Waals surface area contributed by atoms with Crippen molar-refractivity contribution in [3.8, 4) is 17.5 Å². The van der Waals surface area contributed by atoms with E-state index in [1.165, 1.54) is 0 Å². The van der Waals surface area contributed by atoms with Gasteiger partial charge in [0.15, 0.2) is 11.5 Å². The molecule has 0 aliphatic carbocycles. The van der Waals surface area contributed by atoms with Gasteiger partial charge >= 0.3 is 0 Å². The second kappa shape index (κ2) is 4.48. The predicted molar refractivity (Wildman–Crippen MR) is 68.1 cm³/mol. The Kier molecular flexibility index (Phi) is 3.03. The van der Waals surface area contributed by atoms with Crippen molar-refractivity contribution in [1.29, 1.82) is 5.26 Å².